The van der Waals surface area contributed by atoms with Gasteiger partial charge in [-0.2, -0.15) is 0 Å². The van der Waals surface area contributed by atoms with Crippen LogP contribution in [-0.2, 0) is 0 Å². The number of benzene rings is 2. The molecule has 0 fully saturated rings. The van der Waals surface area contributed by atoms with Crippen molar-refractivity contribution in [2.45, 2.75) is 20.0 Å². The van der Waals surface area contributed by atoms with Crippen molar-refractivity contribution in [2.75, 3.05) is 7.11 Å². The van der Waals surface area contributed by atoms with Crippen molar-refractivity contribution >= 4 is 11.0 Å². The Labute approximate surface area is 123 Å². The molecule has 2 aromatic carbocycles. The second kappa shape index (κ2) is 5.48. The highest BCUT2D eigenvalue weighted by atomic mass is 16.5. The minimum absolute atomic E-state index is 0.147. The number of ether oxygens (including phenoxy) is 2. The lowest BCUT2D eigenvalue weighted by Crippen LogP contribution is -2.04. The summed E-state index contributed by atoms with van der Waals surface area (Å²) in [6, 6.07) is 13.8. The van der Waals surface area contributed by atoms with Gasteiger partial charge in [-0.3, -0.25) is 0 Å². The van der Waals surface area contributed by atoms with Gasteiger partial charge in [-0.05, 0) is 38.1 Å². The summed E-state index contributed by atoms with van der Waals surface area (Å²) >= 11 is 0. The molecular formula is C17H18N2O2. The summed E-state index contributed by atoms with van der Waals surface area (Å²) < 4.78 is 11.1. The van der Waals surface area contributed by atoms with Crippen LogP contribution in [0.4, 0.5) is 0 Å². The SMILES string of the molecule is COc1ccc2nc(C(C)Oc3ccc(C)cc3)[nH]c2c1. The number of imidazole rings is 1. The second-order valence-corrected chi connectivity index (χ2v) is 5.08. The number of methoxy groups -OCH3 is 1. The zero-order valence-electron chi connectivity index (χ0n) is 12.4. The van der Waals surface area contributed by atoms with Crippen LogP contribution >= 0.6 is 0 Å². The fourth-order valence-electron chi connectivity index (χ4n) is 2.20. The van der Waals surface area contributed by atoms with Crippen molar-refractivity contribution < 1.29 is 9.47 Å². The number of rotatable bonds is 4. The van der Waals surface area contributed by atoms with Crippen LogP contribution in [0.1, 0.15) is 24.4 Å². The first-order valence-electron chi connectivity index (χ1n) is 6.92. The van der Waals surface area contributed by atoms with E-state index in [0.717, 1.165) is 28.4 Å². The molecule has 4 nitrogen and oxygen atoms in total. The van der Waals surface area contributed by atoms with Crippen molar-refractivity contribution in [1.82, 2.24) is 9.97 Å². The zero-order valence-corrected chi connectivity index (χ0v) is 12.4. The highest BCUT2D eigenvalue weighted by Gasteiger charge is 2.13. The van der Waals surface area contributed by atoms with E-state index < -0.39 is 0 Å². The Balaban J connectivity index is 1.83. The Hall–Kier alpha value is -2.49. The third-order valence-corrected chi connectivity index (χ3v) is 3.43. The fourth-order valence-corrected chi connectivity index (χ4v) is 2.20. The largest absolute Gasteiger partial charge is 0.497 e. The van der Waals surface area contributed by atoms with Crippen molar-refractivity contribution in [3.05, 3.63) is 53.9 Å². The molecule has 1 unspecified atom stereocenters. The molecule has 1 aromatic heterocycles. The van der Waals surface area contributed by atoms with Crippen molar-refractivity contribution in [3.63, 3.8) is 0 Å². The maximum atomic E-state index is 5.92. The quantitative estimate of drug-likeness (QED) is 0.786. The Kier molecular flexibility index (Phi) is 3.52. The molecule has 0 saturated heterocycles. The molecular weight excluding hydrogens is 264 g/mol. The number of hydrogen-bond acceptors (Lipinski definition) is 3. The molecule has 0 aliphatic carbocycles. The van der Waals surface area contributed by atoms with E-state index in [2.05, 4.69) is 16.9 Å². The topological polar surface area (TPSA) is 47.1 Å². The highest BCUT2D eigenvalue weighted by Crippen LogP contribution is 2.24. The van der Waals surface area contributed by atoms with Crippen LogP contribution in [0.5, 0.6) is 11.5 Å². The van der Waals surface area contributed by atoms with E-state index in [1.165, 1.54) is 5.56 Å². The Bertz CT molecular complexity index is 747. The number of aryl methyl sites for hydroxylation is 1. The minimum Gasteiger partial charge on any atom is -0.497 e. The molecule has 0 aliphatic rings. The molecule has 0 amide bonds. The van der Waals surface area contributed by atoms with Gasteiger partial charge in [-0.25, -0.2) is 4.98 Å². The van der Waals surface area contributed by atoms with Crippen molar-refractivity contribution in [2.24, 2.45) is 0 Å². The van der Waals surface area contributed by atoms with E-state index in [1.807, 2.05) is 49.4 Å². The van der Waals surface area contributed by atoms with Gasteiger partial charge in [0.15, 0.2) is 6.10 Å². The number of aromatic nitrogens is 2. The predicted molar refractivity (Wildman–Crippen MR) is 82.9 cm³/mol. The first-order chi connectivity index (χ1) is 10.2. The molecule has 108 valence electrons. The van der Waals surface area contributed by atoms with Gasteiger partial charge < -0.3 is 14.5 Å². The molecule has 1 heterocycles. The van der Waals surface area contributed by atoms with Crippen LogP contribution in [0.3, 0.4) is 0 Å². The summed E-state index contributed by atoms with van der Waals surface area (Å²) in [5.41, 5.74) is 3.07. The molecule has 1 atom stereocenters. The number of hydrogen-bond donors (Lipinski definition) is 1. The molecule has 3 rings (SSSR count). The Morgan fingerprint density at radius 1 is 1.05 bits per heavy atom. The third-order valence-electron chi connectivity index (χ3n) is 3.43. The van der Waals surface area contributed by atoms with Crippen LogP contribution in [0.2, 0.25) is 0 Å². The predicted octanol–water partition coefficient (Wildman–Crippen LogP) is 4.02. The summed E-state index contributed by atoms with van der Waals surface area (Å²) in [5.74, 6) is 2.45. The molecule has 0 bridgehead atoms. The van der Waals surface area contributed by atoms with E-state index in [-0.39, 0.29) is 6.10 Å². The number of fused-ring (bicyclic) bond motifs is 1. The van der Waals surface area contributed by atoms with E-state index >= 15 is 0 Å². The standard InChI is InChI=1S/C17H18N2O2/c1-11-4-6-13(7-5-11)21-12(2)17-18-15-9-8-14(20-3)10-16(15)19-17/h4-10,12H,1-3H3,(H,18,19). The minimum atomic E-state index is -0.147. The van der Waals surface area contributed by atoms with E-state index in [0.29, 0.717) is 0 Å². The Morgan fingerprint density at radius 3 is 2.48 bits per heavy atom. The highest BCUT2D eigenvalue weighted by molar-refractivity contribution is 5.76. The van der Waals surface area contributed by atoms with Crippen molar-refractivity contribution in [3.8, 4) is 11.5 Å². The number of H-pyrrole nitrogens is 1. The van der Waals surface area contributed by atoms with E-state index in [9.17, 15) is 0 Å². The van der Waals surface area contributed by atoms with Gasteiger partial charge in [0.2, 0.25) is 0 Å². The molecule has 1 N–H and O–H groups in total. The van der Waals surface area contributed by atoms with Crippen LogP contribution < -0.4 is 9.47 Å². The summed E-state index contributed by atoms with van der Waals surface area (Å²) in [4.78, 5) is 7.85. The third kappa shape index (κ3) is 2.84. The average molecular weight is 282 g/mol. The smallest absolute Gasteiger partial charge is 0.153 e. The van der Waals surface area contributed by atoms with Gasteiger partial charge >= 0.3 is 0 Å². The molecule has 4 heteroatoms. The summed E-state index contributed by atoms with van der Waals surface area (Å²) in [6.45, 7) is 4.04. The summed E-state index contributed by atoms with van der Waals surface area (Å²) in [5, 5.41) is 0. The maximum Gasteiger partial charge on any atom is 0.153 e. The molecule has 0 spiro atoms. The normalized spacial score (nSPS) is 12.3. The first kappa shape index (κ1) is 13.5. The summed E-state index contributed by atoms with van der Waals surface area (Å²) in [7, 11) is 1.65. The van der Waals surface area contributed by atoms with Gasteiger partial charge in [-0.15, -0.1) is 0 Å². The zero-order chi connectivity index (χ0) is 14.8. The fraction of sp³-hybridized carbons (Fsp3) is 0.235. The average Bonchev–Trinajstić information content (AvgIpc) is 2.92. The van der Waals surface area contributed by atoms with Gasteiger partial charge in [0, 0.05) is 6.07 Å². The number of nitrogens with zero attached hydrogens (tertiary/aromatic N) is 1. The second-order valence-electron chi connectivity index (χ2n) is 5.08. The lowest BCUT2D eigenvalue weighted by molar-refractivity contribution is 0.218. The number of nitrogens with one attached hydrogen (secondary N) is 1. The lowest BCUT2D eigenvalue weighted by Gasteiger charge is -2.12. The molecule has 3 aromatic rings. The van der Waals surface area contributed by atoms with Crippen LogP contribution in [0, 0.1) is 6.92 Å². The van der Waals surface area contributed by atoms with Crippen LogP contribution in [-0.4, -0.2) is 17.1 Å². The Morgan fingerprint density at radius 2 is 1.76 bits per heavy atom. The van der Waals surface area contributed by atoms with Crippen molar-refractivity contribution in [1.29, 1.82) is 0 Å². The lowest BCUT2D eigenvalue weighted by atomic mass is 10.2. The maximum absolute atomic E-state index is 5.92. The van der Waals surface area contributed by atoms with Gasteiger partial charge in [0.25, 0.3) is 0 Å². The van der Waals surface area contributed by atoms with Gasteiger partial charge in [-0.1, -0.05) is 17.7 Å². The molecule has 0 saturated carbocycles. The monoisotopic (exact) mass is 282 g/mol. The van der Waals surface area contributed by atoms with E-state index in [4.69, 9.17) is 9.47 Å². The molecule has 0 aliphatic heterocycles. The van der Waals surface area contributed by atoms with Gasteiger partial charge in [0.1, 0.15) is 17.3 Å². The van der Waals surface area contributed by atoms with Crippen LogP contribution in [0.25, 0.3) is 11.0 Å². The summed E-state index contributed by atoms with van der Waals surface area (Å²) in [6.07, 6.45) is -0.147. The molecule has 21 heavy (non-hydrogen) atoms. The molecule has 0 radical (unpaired) electrons. The first-order valence-corrected chi connectivity index (χ1v) is 6.92. The van der Waals surface area contributed by atoms with E-state index in [1.54, 1.807) is 7.11 Å². The number of aromatic amines is 1. The van der Waals surface area contributed by atoms with Crippen LogP contribution in [0.15, 0.2) is 42.5 Å². The van der Waals surface area contributed by atoms with Gasteiger partial charge in [0.05, 0.1) is 18.1 Å².